The summed E-state index contributed by atoms with van der Waals surface area (Å²) in [5.74, 6) is 1.17. The molecule has 0 aliphatic carbocycles. The van der Waals surface area contributed by atoms with Crippen LogP contribution < -0.4 is 15.8 Å². The summed E-state index contributed by atoms with van der Waals surface area (Å²) in [6.07, 6.45) is 2.21. The van der Waals surface area contributed by atoms with Gasteiger partial charge in [-0.2, -0.15) is 12.6 Å². The van der Waals surface area contributed by atoms with Crippen LogP contribution in [0.4, 0.5) is 5.69 Å². The summed E-state index contributed by atoms with van der Waals surface area (Å²) in [5, 5.41) is 4.30. The lowest BCUT2D eigenvalue weighted by Gasteiger charge is -2.19. The van der Waals surface area contributed by atoms with Crippen LogP contribution in [0.15, 0.2) is 36.5 Å². The van der Waals surface area contributed by atoms with E-state index in [9.17, 15) is 0 Å². The van der Waals surface area contributed by atoms with Crippen LogP contribution in [0.25, 0.3) is 0 Å². The van der Waals surface area contributed by atoms with Gasteiger partial charge in [-0.25, -0.2) is 4.98 Å². The number of anilines is 1. The highest BCUT2D eigenvalue weighted by Gasteiger charge is 2.16. The SMILES string of the molecule is CC(Oc1ncccc1NCCC(N)CS)c1cccc(Cl)c1Cl. The Labute approximate surface area is 158 Å². The molecule has 1 heterocycles. The van der Waals surface area contributed by atoms with Crippen LogP contribution in [0.3, 0.4) is 0 Å². The fraction of sp³-hybridized carbons (Fsp3) is 0.353. The van der Waals surface area contributed by atoms with E-state index in [4.69, 9.17) is 33.7 Å². The number of nitrogens with two attached hydrogens (primary N) is 1. The molecule has 4 nitrogen and oxygen atoms in total. The highest BCUT2D eigenvalue weighted by molar-refractivity contribution is 7.80. The number of pyridine rings is 1. The molecule has 0 aliphatic heterocycles. The lowest BCUT2D eigenvalue weighted by molar-refractivity contribution is 0.219. The molecule has 2 unspecified atom stereocenters. The number of hydrogen-bond donors (Lipinski definition) is 3. The fourth-order valence-corrected chi connectivity index (χ4v) is 2.81. The number of hydrogen-bond acceptors (Lipinski definition) is 5. The second-order valence-corrected chi connectivity index (χ2v) is 6.57. The lowest BCUT2D eigenvalue weighted by Crippen LogP contribution is -2.25. The molecule has 0 saturated heterocycles. The van der Waals surface area contributed by atoms with Gasteiger partial charge in [-0.3, -0.25) is 0 Å². The Kier molecular flexibility index (Phi) is 7.49. The maximum Gasteiger partial charge on any atom is 0.237 e. The monoisotopic (exact) mass is 385 g/mol. The number of thiol groups is 1. The molecule has 0 bridgehead atoms. The third-order valence-corrected chi connectivity index (χ3v) is 4.85. The van der Waals surface area contributed by atoms with E-state index in [0.29, 0.717) is 21.7 Å². The Morgan fingerprint density at radius 2 is 2.08 bits per heavy atom. The van der Waals surface area contributed by atoms with Gasteiger partial charge in [0.2, 0.25) is 5.88 Å². The Hall–Kier alpha value is -1.14. The minimum atomic E-state index is -0.286. The summed E-state index contributed by atoms with van der Waals surface area (Å²) in [6, 6.07) is 9.32. The molecule has 0 saturated carbocycles. The number of rotatable bonds is 8. The fourth-order valence-electron chi connectivity index (χ4n) is 2.17. The van der Waals surface area contributed by atoms with Crippen LogP contribution in [0, 0.1) is 0 Å². The predicted molar refractivity (Wildman–Crippen MR) is 105 cm³/mol. The molecule has 0 spiro atoms. The molecule has 2 atom stereocenters. The lowest BCUT2D eigenvalue weighted by atomic mass is 10.1. The van der Waals surface area contributed by atoms with Crippen LogP contribution >= 0.6 is 35.8 Å². The van der Waals surface area contributed by atoms with Crippen molar-refractivity contribution in [2.24, 2.45) is 5.73 Å². The van der Waals surface area contributed by atoms with Gasteiger partial charge in [-0.1, -0.05) is 35.3 Å². The largest absolute Gasteiger partial charge is 0.468 e. The van der Waals surface area contributed by atoms with Crippen LogP contribution in [0.5, 0.6) is 5.88 Å². The van der Waals surface area contributed by atoms with Gasteiger partial charge in [0.1, 0.15) is 6.10 Å². The summed E-state index contributed by atoms with van der Waals surface area (Å²) in [7, 11) is 0. The van der Waals surface area contributed by atoms with Gasteiger partial charge in [-0.15, -0.1) is 0 Å². The van der Waals surface area contributed by atoms with Gasteiger partial charge in [0, 0.05) is 30.1 Å². The Balaban J connectivity index is 2.08. The number of nitrogens with one attached hydrogen (secondary N) is 1. The highest BCUT2D eigenvalue weighted by atomic mass is 35.5. The zero-order valence-electron chi connectivity index (χ0n) is 13.4. The summed E-state index contributed by atoms with van der Waals surface area (Å²) in [4.78, 5) is 4.31. The summed E-state index contributed by atoms with van der Waals surface area (Å²) in [5.41, 5.74) is 7.50. The molecule has 0 fully saturated rings. The smallest absolute Gasteiger partial charge is 0.237 e. The molecule has 24 heavy (non-hydrogen) atoms. The molecule has 0 aliphatic rings. The van der Waals surface area contributed by atoms with Gasteiger partial charge >= 0.3 is 0 Å². The van der Waals surface area contributed by atoms with Crippen molar-refractivity contribution in [2.75, 3.05) is 17.6 Å². The number of nitrogens with zero attached hydrogens (tertiary/aromatic N) is 1. The van der Waals surface area contributed by atoms with Crippen LogP contribution in [-0.4, -0.2) is 23.3 Å². The molecular weight excluding hydrogens is 365 g/mol. The van der Waals surface area contributed by atoms with E-state index in [-0.39, 0.29) is 12.1 Å². The normalized spacial score (nSPS) is 13.4. The van der Waals surface area contributed by atoms with Crippen LogP contribution in [0.1, 0.15) is 25.0 Å². The third-order valence-electron chi connectivity index (χ3n) is 3.54. The first kappa shape index (κ1) is 19.2. The molecule has 1 aromatic heterocycles. The minimum absolute atomic E-state index is 0.0612. The molecule has 130 valence electrons. The van der Waals surface area contributed by atoms with Crippen molar-refractivity contribution < 1.29 is 4.74 Å². The van der Waals surface area contributed by atoms with Crippen LogP contribution in [0.2, 0.25) is 10.0 Å². The number of aromatic nitrogens is 1. The number of benzene rings is 1. The van der Waals surface area contributed by atoms with Crippen molar-refractivity contribution in [1.29, 1.82) is 0 Å². The molecule has 2 rings (SSSR count). The van der Waals surface area contributed by atoms with E-state index in [1.807, 2.05) is 31.2 Å². The maximum atomic E-state index is 6.26. The first-order chi connectivity index (χ1) is 11.5. The molecule has 0 radical (unpaired) electrons. The van der Waals surface area contributed by atoms with Crippen LogP contribution in [-0.2, 0) is 0 Å². The van der Waals surface area contributed by atoms with E-state index >= 15 is 0 Å². The van der Waals surface area contributed by atoms with E-state index in [2.05, 4.69) is 22.9 Å². The Bertz CT molecular complexity index is 672. The second kappa shape index (κ2) is 9.37. The first-order valence-electron chi connectivity index (χ1n) is 7.68. The average molecular weight is 386 g/mol. The minimum Gasteiger partial charge on any atom is -0.468 e. The van der Waals surface area contributed by atoms with Gasteiger partial charge < -0.3 is 15.8 Å². The Morgan fingerprint density at radius 1 is 1.29 bits per heavy atom. The van der Waals surface area contributed by atoms with Gasteiger partial charge in [0.05, 0.1) is 15.7 Å². The highest BCUT2D eigenvalue weighted by Crippen LogP contribution is 2.33. The number of ether oxygens (including phenoxy) is 1. The maximum absolute atomic E-state index is 6.26. The van der Waals surface area contributed by atoms with E-state index in [1.54, 1.807) is 12.3 Å². The zero-order chi connectivity index (χ0) is 17.5. The third kappa shape index (κ3) is 5.18. The van der Waals surface area contributed by atoms with Crippen molar-refractivity contribution >= 4 is 41.5 Å². The molecule has 2 aromatic rings. The quantitative estimate of drug-likeness (QED) is 0.581. The van der Waals surface area contributed by atoms with Crippen molar-refractivity contribution in [2.45, 2.75) is 25.5 Å². The summed E-state index contributed by atoms with van der Waals surface area (Å²) in [6.45, 7) is 2.63. The summed E-state index contributed by atoms with van der Waals surface area (Å²) < 4.78 is 5.99. The van der Waals surface area contributed by atoms with Crippen molar-refractivity contribution in [3.8, 4) is 5.88 Å². The molecule has 1 aromatic carbocycles. The molecule has 3 N–H and O–H groups in total. The van der Waals surface area contributed by atoms with Crippen molar-refractivity contribution in [3.63, 3.8) is 0 Å². The summed E-state index contributed by atoms with van der Waals surface area (Å²) >= 11 is 16.5. The average Bonchev–Trinajstić information content (AvgIpc) is 2.58. The zero-order valence-corrected chi connectivity index (χ0v) is 15.8. The van der Waals surface area contributed by atoms with Gasteiger partial charge in [0.15, 0.2) is 0 Å². The molecule has 0 amide bonds. The van der Waals surface area contributed by atoms with Crippen molar-refractivity contribution in [1.82, 2.24) is 4.98 Å². The number of halogens is 2. The topological polar surface area (TPSA) is 60.2 Å². The standard InChI is InChI=1S/C17H21Cl2N3OS/c1-11(13-4-2-5-14(18)16(13)19)23-17-15(6-3-8-22-17)21-9-7-12(20)10-24/h2-6,8,11-12,21,24H,7,9-10,20H2,1H3. The molecular formula is C17H21Cl2N3OS. The first-order valence-corrected chi connectivity index (χ1v) is 9.07. The Morgan fingerprint density at radius 3 is 2.83 bits per heavy atom. The predicted octanol–water partition coefficient (Wildman–Crippen LogP) is 4.59. The van der Waals surface area contributed by atoms with E-state index < -0.39 is 0 Å². The van der Waals surface area contributed by atoms with E-state index in [0.717, 1.165) is 24.2 Å². The van der Waals surface area contributed by atoms with Gasteiger partial charge in [0.25, 0.3) is 0 Å². The van der Waals surface area contributed by atoms with E-state index in [1.165, 1.54) is 0 Å². The molecule has 7 heteroatoms. The van der Waals surface area contributed by atoms with Gasteiger partial charge in [-0.05, 0) is 31.5 Å². The van der Waals surface area contributed by atoms with Crippen molar-refractivity contribution in [3.05, 3.63) is 52.1 Å². The second-order valence-electron chi connectivity index (χ2n) is 5.42.